The van der Waals surface area contributed by atoms with E-state index in [0.717, 1.165) is 6.21 Å². The summed E-state index contributed by atoms with van der Waals surface area (Å²) in [6, 6.07) is 0. The second kappa shape index (κ2) is 11.4. The Hall–Kier alpha value is -2.20. The Kier molecular flexibility index (Phi) is 8.65. The fourth-order valence-corrected chi connectivity index (χ4v) is 3.01. The van der Waals surface area contributed by atoms with Gasteiger partial charge in [-0.15, -0.1) is 0 Å². The number of morpholine rings is 2. The molecule has 2 fully saturated rings. The molecule has 1 aromatic rings. The van der Waals surface area contributed by atoms with Gasteiger partial charge in [0.05, 0.1) is 39.2 Å². The average molecular weight is 443 g/mol. The van der Waals surface area contributed by atoms with Crippen LogP contribution in [0.5, 0.6) is 0 Å². The molecular weight excluding hydrogens is 414 g/mol. The van der Waals surface area contributed by atoms with Crippen molar-refractivity contribution in [2.24, 2.45) is 5.10 Å². The number of nitrogens with one attached hydrogen (secondary N) is 1. The fraction of sp³-hybridized carbons (Fsp3) is 0.765. The molecule has 0 aromatic carbocycles. The first-order valence-corrected chi connectivity index (χ1v) is 10.0. The maximum atomic E-state index is 9.94. The number of aliphatic hydroxyl groups is 5. The molecule has 0 radical (unpaired) electrons. The zero-order valence-corrected chi connectivity index (χ0v) is 17.0. The van der Waals surface area contributed by atoms with E-state index in [1.54, 1.807) is 0 Å². The minimum Gasteiger partial charge on any atom is -0.394 e. The van der Waals surface area contributed by atoms with Gasteiger partial charge in [-0.3, -0.25) is 0 Å². The van der Waals surface area contributed by atoms with Crippen molar-refractivity contribution in [1.29, 1.82) is 0 Å². The van der Waals surface area contributed by atoms with Gasteiger partial charge in [-0.25, -0.2) is 5.43 Å². The summed E-state index contributed by atoms with van der Waals surface area (Å²) in [5, 5.41) is 51.5. The molecule has 0 spiro atoms. The first-order chi connectivity index (χ1) is 15.0. The summed E-state index contributed by atoms with van der Waals surface area (Å²) in [4.78, 5) is 17.2. The predicted molar refractivity (Wildman–Crippen MR) is 109 cm³/mol. The van der Waals surface area contributed by atoms with Gasteiger partial charge in [-0.2, -0.15) is 20.1 Å². The van der Waals surface area contributed by atoms with Gasteiger partial charge < -0.3 is 44.8 Å². The largest absolute Gasteiger partial charge is 0.394 e. The lowest BCUT2D eigenvalue weighted by Gasteiger charge is -2.30. The third-order valence-electron chi connectivity index (χ3n) is 4.87. The molecule has 6 N–H and O–H groups in total. The van der Waals surface area contributed by atoms with E-state index in [-0.39, 0.29) is 5.95 Å². The highest BCUT2D eigenvalue weighted by Gasteiger charge is 2.29. The van der Waals surface area contributed by atoms with Gasteiger partial charge in [-0.1, -0.05) is 0 Å². The van der Waals surface area contributed by atoms with Crippen molar-refractivity contribution in [3.8, 4) is 0 Å². The van der Waals surface area contributed by atoms with E-state index >= 15 is 0 Å². The molecule has 1 aromatic heterocycles. The molecule has 4 unspecified atom stereocenters. The van der Waals surface area contributed by atoms with E-state index < -0.39 is 31.0 Å². The van der Waals surface area contributed by atoms with Gasteiger partial charge in [0.25, 0.3) is 0 Å². The smallest absolute Gasteiger partial charge is 0.250 e. The lowest BCUT2D eigenvalue weighted by atomic mass is 10.0. The maximum Gasteiger partial charge on any atom is 0.250 e. The minimum atomic E-state index is -1.75. The van der Waals surface area contributed by atoms with Gasteiger partial charge in [0.2, 0.25) is 17.8 Å². The van der Waals surface area contributed by atoms with E-state index in [0.29, 0.717) is 64.5 Å². The van der Waals surface area contributed by atoms with Crippen LogP contribution in [0.4, 0.5) is 17.8 Å². The molecule has 0 bridgehead atoms. The molecule has 4 atom stereocenters. The third kappa shape index (κ3) is 6.39. The third-order valence-corrected chi connectivity index (χ3v) is 4.87. The zero-order chi connectivity index (χ0) is 22.2. The molecule has 2 aliphatic rings. The summed E-state index contributed by atoms with van der Waals surface area (Å²) >= 11 is 0. The van der Waals surface area contributed by atoms with Crippen molar-refractivity contribution in [3.05, 3.63) is 0 Å². The van der Waals surface area contributed by atoms with E-state index in [9.17, 15) is 20.4 Å². The molecule has 0 aliphatic carbocycles. The van der Waals surface area contributed by atoms with Crippen LogP contribution in [0.15, 0.2) is 5.10 Å². The Morgan fingerprint density at radius 2 is 1.39 bits per heavy atom. The van der Waals surface area contributed by atoms with Crippen molar-refractivity contribution in [2.75, 3.05) is 74.4 Å². The van der Waals surface area contributed by atoms with Crippen LogP contribution < -0.4 is 15.2 Å². The van der Waals surface area contributed by atoms with E-state index in [1.807, 2.05) is 9.80 Å². The zero-order valence-electron chi connectivity index (χ0n) is 17.0. The van der Waals surface area contributed by atoms with Crippen molar-refractivity contribution in [2.45, 2.75) is 24.4 Å². The Labute approximate surface area is 178 Å². The monoisotopic (exact) mass is 443 g/mol. The molecule has 0 saturated carbocycles. The van der Waals surface area contributed by atoms with Crippen LogP contribution in [0.2, 0.25) is 0 Å². The van der Waals surface area contributed by atoms with Crippen LogP contribution in [0, 0.1) is 0 Å². The number of nitrogens with zero attached hydrogens (tertiary/aromatic N) is 6. The molecule has 31 heavy (non-hydrogen) atoms. The topological polar surface area (TPSA) is 189 Å². The first-order valence-electron chi connectivity index (χ1n) is 10.0. The summed E-state index contributed by atoms with van der Waals surface area (Å²) < 4.78 is 10.7. The van der Waals surface area contributed by atoms with Gasteiger partial charge >= 0.3 is 0 Å². The van der Waals surface area contributed by atoms with Crippen LogP contribution in [-0.2, 0) is 9.47 Å². The molecule has 14 heteroatoms. The van der Waals surface area contributed by atoms with Crippen molar-refractivity contribution in [1.82, 2.24) is 15.0 Å². The number of rotatable bonds is 9. The van der Waals surface area contributed by atoms with Crippen molar-refractivity contribution < 1.29 is 35.0 Å². The summed E-state index contributed by atoms with van der Waals surface area (Å²) in [6.07, 6.45) is -5.77. The quantitative estimate of drug-likeness (QED) is 0.162. The summed E-state index contributed by atoms with van der Waals surface area (Å²) in [7, 11) is 0. The molecule has 3 heterocycles. The first kappa shape index (κ1) is 23.5. The number of hydrogen-bond acceptors (Lipinski definition) is 14. The molecule has 174 valence electrons. The van der Waals surface area contributed by atoms with E-state index in [2.05, 4.69) is 25.5 Å². The Balaban J connectivity index is 1.72. The highest BCUT2D eigenvalue weighted by Crippen LogP contribution is 2.18. The van der Waals surface area contributed by atoms with Crippen molar-refractivity contribution >= 4 is 24.1 Å². The van der Waals surface area contributed by atoms with Gasteiger partial charge in [0, 0.05) is 26.2 Å². The Morgan fingerprint density at radius 1 is 0.871 bits per heavy atom. The lowest BCUT2D eigenvalue weighted by molar-refractivity contribution is -0.0999. The lowest BCUT2D eigenvalue weighted by Crippen LogP contribution is -2.46. The fourth-order valence-electron chi connectivity index (χ4n) is 3.01. The van der Waals surface area contributed by atoms with E-state index in [4.69, 9.17) is 14.6 Å². The molecule has 2 aliphatic heterocycles. The molecule has 3 rings (SSSR count). The number of aromatic nitrogens is 3. The Bertz CT molecular complexity index is 680. The standard InChI is InChI=1S/C17H29N7O7/c25-10-12(27)14(29)13(28)11(26)9-18-22-15-19-16(23-1-5-30-6-2-23)21-17(20-15)24-3-7-31-8-4-24/h9,11-14,25-29H,1-8,10H2,(H,19,20,21,22). The molecule has 0 amide bonds. The number of anilines is 3. The van der Waals surface area contributed by atoms with Crippen LogP contribution in [-0.4, -0.2) is 130 Å². The molecular formula is C17H29N7O7. The van der Waals surface area contributed by atoms with Crippen LogP contribution in [0.1, 0.15) is 0 Å². The minimum absolute atomic E-state index is 0.131. The number of hydrazone groups is 1. The number of hydrogen-bond donors (Lipinski definition) is 6. The van der Waals surface area contributed by atoms with Crippen LogP contribution in [0.3, 0.4) is 0 Å². The van der Waals surface area contributed by atoms with Gasteiger partial charge in [-0.05, 0) is 0 Å². The Morgan fingerprint density at radius 3 is 1.87 bits per heavy atom. The maximum absolute atomic E-state index is 9.94. The van der Waals surface area contributed by atoms with Gasteiger partial charge in [0.15, 0.2) is 0 Å². The predicted octanol–water partition coefficient (Wildman–Crippen LogP) is -3.62. The highest BCUT2D eigenvalue weighted by atomic mass is 16.5. The normalized spacial score (nSPS) is 21.7. The second-order valence-electron chi connectivity index (χ2n) is 7.07. The van der Waals surface area contributed by atoms with Crippen LogP contribution >= 0.6 is 0 Å². The number of aliphatic hydroxyl groups excluding tert-OH is 5. The van der Waals surface area contributed by atoms with E-state index in [1.165, 1.54) is 0 Å². The second-order valence-corrected chi connectivity index (χ2v) is 7.07. The van der Waals surface area contributed by atoms with Crippen LogP contribution in [0.25, 0.3) is 0 Å². The number of ether oxygens (including phenoxy) is 2. The van der Waals surface area contributed by atoms with Gasteiger partial charge in [0.1, 0.15) is 24.4 Å². The molecule has 2 saturated heterocycles. The van der Waals surface area contributed by atoms with Crippen molar-refractivity contribution in [3.63, 3.8) is 0 Å². The SMILES string of the molecule is OCC(O)C(O)C(O)C(O)C=NNc1nc(N2CCOCC2)nc(N2CCOCC2)n1. The highest BCUT2D eigenvalue weighted by molar-refractivity contribution is 5.64. The summed E-state index contributed by atoms with van der Waals surface area (Å²) in [5.74, 6) is 1.05. The average Bonchev–Trinajstić information content (AvgIpc) is 2.83. The summed E-state index contributed by atoms with van der Waals surface area (Å²) in [6.45, 7) is 4.00. The molecule has 14 nitrogen and oxygen atoms in total. The summed E-state index contributed by atoms with van der Waals surface area (Å²) in [5.41, 5.74) is 2.60.